The molecule has 2 aromatic rings. The summed E-state index contributed by atoms with van der Waals surface area (Å²) < 4.78 is 3.91. The largest absolute Gasteiger partial charge is 0.313 e. The molecule has 0 fully saturated rings. The van der Waals surface area contributed by atoms with Crippen molar-refractivity contribution in [1.82, 2.24) is 24.9 Å². The Morgan fingerprint density at radius 3 is 2.68 bits per heavy atom. The average Bonchev–Trinajstić information content (AvgIpc) is 2.84. The molecule has 2 rings (SSSR count). The summed E-state index contributed by atoms with van der Waals surface area (Å²) >= 11 is 0. The number of hydrogen-bond donors (Lipinski definition) is 1. The lowest BCUT2D eigenvalue weighted by Gasteiger charge is -2.02. The van der Waals surface area contributed by atoms with E-state index in [2.05, 4.69) is 41.6 Å². The number of hydrogen-bond acceptors (Lipinski definition) is 3. The van der Waals surface area contributed by atoms with Crippen LogP contribution in [0.15, 0.2) is 12.3 Å². The fourth-order valence-electron chi connectivity index (χ4n) is 2.19. The first-order valence-corrected chi connectivity index (χ1v) is 6.83. The highest BCUT2D eigenvalue weighted by atomic mass is 15.3. The molecule has 0 spiro atoms. The molecule has 0 aliphatic carbocycles. The van der Waals surface area contributed by atoms with Gasteiger partial charge in [-0.1, -0.05) is 6.92 Å². The van der Waals surface area contributed by atoms with E-state index in [1.165, 1.54) is 11.3 Å². The monoisotopic (exact) mass is 261 g/mol. The minimum absolute atomic E-state index is 0.770. The van der Waals surface area contributed by atoms with Crippen LogP contribution in [0.1, 0.15) is 36.0 Å². The lowest BCUT2D eigenvalue weighted by molar-refractivity contribution is 0.614. The zero-order valence-electron chi connectivity index (χ0n) is 12.3. The van der Waals surface area contributed by atoms with Crippen LogP contribution in [0, 0.1) is 13.8 Å². The lowest BCUT2D eigenvalue weighted by atomic mass is 10.2. The van der Waals surface area contributed by atoms with Gasteiger partial charge in [-0.05, 0) is 32.9 Å². The van der Waals surface area contributed by atoms with Gasteiger partial charge in [0.1, 0.15) is 0 Å². The highest BCUT2D eigenvalue weighted by Crippen LogP contribution is 2.09. The quantitative estimate of drug-likeness (QED) is 0.806. The van der Waals surface area contributed by atoms with Gasteiger partial charge in [-0.15, -0.1) is 0 Å². The fourth-order valence-corrected chi connectivity index (χ4v) is 2.19. The van der Waals surface area contributed by atoms with Crippen LogP contribution in [0.3, 0.4) is 0 Å². The molecule has 5 nitrogen and oxygen atoms in total. The van der Waals surface area contributed by atoms with Crippen LogP contribution >= 0.6 is 0 Å². The number of rotatable bonds is 6. The molecule has 0 aromatic carbocycles. The third-order valence-corrected chi connectivity index (χ3v) is 3.21. The van der Waals surface area contributed by atoms with Crippen molar-refractivity contribution in [3.63, 3.8) is 0 Å². The Morgan fingerprint density at radius 1 is 1.26 bits per heavy atom. The Hall–Kier alpha value is -1.62. The Kier molecular flexibility index (Phi) is 4.37. The van der Waals surface area contributed by atoms with E-state index in [-0.39, 0.29) is 0 Å². The molecular formula is C14H23N5. The topological polar surface area (TPSA) is 47.7 Å². The summed E-state index contributed by atoms with van der Waals surface area (Å²) in [4.78, 5) is 0. The Labute approximate surface area is 114 Å². The van der Waals surface area contributed by atoms with Crippen LogP contribution in [0.4, 0.5) is 0 Å². The predicted octanol–water partition coefficient (Wildman–Crippen LogP) is 1.78. The van der Waals surface area contributed by atoms with E-state index in [1.54, 1.807) is 0 Å². The van der Waals surface area contributed by atoms with Gasteiger partial charge < -0.3 is 5.32 Å². The summed E-state index contributed by atoms with van der Waals surface area (Å²) in [6.07, 6.45) is 3.28. The second-order valence-electron chi connectivity index (χ2n) is 5.01. The first kappa shape index (κ1) is 13.8. The van der Waals surface area contributed by atoms with E-state index < -0.39 is 0 Å². The minimum atomic E-state index is 0.770. The van der Waals surface area contributed by atoms with E-state index in [1.807, 2.05) is 23.3 Å². The van der Waals surface area contributed by atoms with E-state index in [0.29, 0.717) is 0 Å². The molecule has 0 saturated heterocycles. The normalized spacial score (nSPS) is 11.2. The van der Waals surface area contributed by atoms with Crippen molar-refractivity contribution >= 4 is 0 Å². The van der Waals surface area contributed by atoms with Gasteiger partial charge in [-0.3, -0.25) is 9.36 Å². The first-order chi connectivity index (χ1) is 9.10. The summed E-state index contributed by atoms with van der Waals surface area (Å²) in [5.41, 5.74) is 4.59. The highest BCUT2D eigenvalue weighted by molar-refractivity contribution is 5.16. The van der Waals surface area contributed by atoms with Crippen molar-refractivity contribution in [3.8, 4) is 0 Å². The first-order valence-electron chi connectivity index (χ1n) is 6.83. The average molecular weight is 261 g/mol. The second kappa shape index (κ2) is 6.02. The summed E-state index contributed by atoms with van der Waals surface area (Å²) in [5.74, 6) is 0. The van der Waals surface area contributed by atoms with Crippen molar-refractivity contribution in [1.29, 1.82) is 0 Å². The van der Waals surface area contributed by atoms with Gasteiger partial charge in [0.15, 0.2) is 0 Å². The Balaban J connectivity index is 2.05. The van der Waals surface area contributed by atoms with Gasteiger partial charge >= 0.3 is 0 Å². The van der Waals surface area contributed by atoms with Gasteiger partial charge in [-0.25, -0.2) is 0 Å². The van der Waals surface area contributed by atoms with E-state index in [9.17, 15) is 0 Å². The van der Waals surface area contributed by atoms with Crippen LogP contribution in [-0.2, 0) is 20.1 Å². The van der Waals surface area contributed by atoms with Crippen molar-refractivity contribution in [2.75, 3.05) is 6.54 Å². The molecule has 0 aliphatic rings. The molecule has 0 aliphatic heterocycles. The Morgan fingerprint density at radius 2 is 2.05 bits per heavy atom. The minimum Gasteiger partial charge on any atom is -0.313 e. The van der Waals surface area contributed by atoms with Crippen molar-refractivity contribution in [3.05, 3.63) is 34.9 Å². The molecule has 0 unspecified atom stereocenters. The maximum atomic E-state index is 4.57. The fraction of sp³-hybridized carbons (Fsp3) is 0.571. The van der Waals surface area contributed by atoms with Gasteiger partial charge in [0.25, 0.3) is 0 Å². The van der Waals surface area contributed by atoms with Crippen LogP contribution < -0.4 is 5.32 Å². The van der Waals surface area contributed by atoms with Gasteiger partial charge in [-0.2, -0.15) is 10.2 Å². The summed E-state index contributed by atoms with van der Waals surface area (Å²) in [7, 11) is 1.97. The van der Waals surface area contributed by atoms with Crippen molar-refractivity contribution in [2.45, 2.75) is 40.3 Å². The molecule has 0 radical (unpaired) electrons. The van der Waals surface area contributed by atoms with Gasteiger partial charge in [0.2, 0.25) is 0 Å². The van der Waals surface area contributed by atoms with Crippen molar-refractivity contribution in [2.24, 2.45) is 7.05 Å². The molecular weight excluding hydrogens is 238 g/mol. The zero-order valence-corrected chi connectivity index (χ0v) is 12.3. The highest BCUT2D eigenvalue weighted by Gasteiger charge is 2.07. The molecule has 0 saturated carbocycles. The van der Waals surface area contributed by atoms with E-state index >= 15 is 0 Å². The van der Waals surface area contributed by atoms with Crippen LogP contribution in [0.25, 0.3) is 0 Å². The predicted molar refractivity (Wildman–Crippen MR) is 76.0 cm³/mol. The van der Waals surface area contributed by atoms with E-state index in [4.69, 9.17) is 0 Å². The molecule has 0 bridgehead atoms. The number of aromatic nitrogens is 4. The molecule has 0 atom stereocenters. The van der Waals surface area contributed by atoms with E-state index in [0.717, 1.165) is 37.4 Å². The summed E-state index contributed by atoms with van der Waals surface area (Å²) in [6, 6.07) is 2.10. The smallest absolute Gasteiger partial charge is 0.0828 e. The molecule has 2 aromatic heterocycles. The van der Waals surface area contributed by atoms with Crippen LogP contribution in [0.2, 0.25) is 0 Å². The maximum Gasteiger partial charge on any atom is 0.0828 e. The molecule has 0 amide bonds. The zero-order chi connectivity index (χ0) is 13.8. The Bertz CT molecular complexity index is 538. The maximum absolute atomic E-state index is 4.57. The third kappa shape index (κ3) is 3.44. The number of aryl methyl sites for hydroxylation is 3. The molecule has 5 heteroatoms. The molecule has 104 valence electrons. The third-order valence-electron chi connectivity index (χ3n) is 3.21. The summed E-state index contributed by atoms with van der Waals surface area (Å²) in [5, 5.41) is 12.3. The van der Waals surface area contributed by atoms with Crippen molar-refractivity contribution < 1.29 is 0 Å². The standard InChI is InChI=1S/C14H23N5/c1-5-6-15-8-13-9-19(17-12(13)3)10-14-7-11(2)16-18(14)4/h7,9,15H,5-6,8,10H2,1-4H3. The molecule has 2 heterocycles. The number of nitrogens with zero attached hydrogens (tertiary/aromatic N) is 4. The van der Waals surface area contributed by atoms with Crippen LogP contribution in [-0.4, -0.2) is 26.1 Å². The number of nitrogens with one attached hydrogen (secondary N) is 1. The van der Waals surface area contributed by atoms with Crippen LogP contribution in [0.5, 0.6) is 0 Å². The molecule has 1 N–H and O–H groups in total. The second-order valence-corrected chi connectivity index (χ2v) is 5.01. The van der Waals surface area contributed by atoms with Gasteiger partial charge in [0, 0.05) is 25.4 Å². The molecule has 19 heavy (non-hydrogen) atoms. The van der Waals surface area contributed by atoms with Gasteiger partial charge in [0.05, 0.1) is 23.6 Å². The lowest BCUT2D eigenvalue weighted by Crippen LogP contribution is -2.13. The summed E-state index contributed by atoms with van der Waals surface area (Å²) in [6.45, 7) is 8.96. The SMILES string of the molecule is CCCNCc1cn(Cc2cc(C)nn2C)nc1C.